The van der Waals surface area contributed by atoms with Crippen molar-refractivity contribution >= 4 is 21.4 Å². The van der Waals surface area contributed by atoms with Gasteiger partial charge in [0.15, 0.2) is 15.5 Å². The van der Waals surface area contributed by atoms with Gasteiger partial charge in [0.25, 0.3) is 5.91 Å². The SMILES string of the molecule is CCS(=O)(=O)c1ccc(NC(=O)c2cc(C)on2)cc1. The number of amides is 1. The van der Waals surface area contributed by atoms with Crippen LogP contribution in [0.3, 0.4) is 0 Å². The average Bonchev–Trinajstić information content (AvgIpc) is 2.86. The molecule has 1 N–H and O–H groups in total. The molecule has 2 rings (SSSR count). The third kappa shape index (κ3) is 3.05. The van der Waals surface area contributed by atoms with E-state index in [-0.39, 0.29) is 16.3 Å². The highest BCUT2D eigenvalue weighted by atomic mass is 32.2. The van der Waals surface area contributed by atoms with Crippen LogP contribution in [0.15, 0.2) is 39.8 Å². The van der Waals surface area contributed by atoms with E-state index < -0.39 is 15.7 Å². The lowest BCUT2D eigenvalue weighted by atomic mass is 10.3. The number of anilines is 1. The first kappa shape index (κ1) is 14.3. The summed E-state index contributed by atoms with van der Waals surface area (Å²) < 4.78 is 28.1. The van der Waals surface area contributed by atoms with Crippen LogP contribution in [0.25, 0.3) is 0 Å². The molecular weight excluding hydrogens is 280 g/mol. The van der Waals surface area contributed by atoms with Crippen molar-refractivity contribution in [3.8, 4) is 0 Å². The summed E-state index contributed by atoms with van der Waals surface area (Å²) >= 11 is 0. The van der Waals surface area contributed by atoms with Gasteiger partial charge in [-0.3, -0.25) is 4.79 Å². The van der Waals surface area contributed by atoms with Crippen molar-refractivity contribution in [1.82, 2.24) is 5.16 Å². The number of benzene rings is 1. The van der Waals surface area contributed by atoms with Gasteiger partial charge in [0, 0.05) is 11.8 Å². The molecule has 0 saturated heterocycles. The van der Waals surface area contributed by atoms with Gasteiger partial charge in [-0.1, -0.05) is 12.1 Å². The number of aromatic nitrogens is 1. The number of hydrogen-bond donors (Lipinski definition) is 1. The zero-order valence-corrected chi connectivity index (χ0v) is 11.9. The summed E-state index contributed by atoms with van der Waals surface area (Å²) in [5.74, 6) is 0.171. The average molecular weight is 294 g/mol. The van der Waals surface area contributed by atoms with E-state index in [0.29, 0.717) is 11.4 Å². The van der Waals surface area contributed by atoms with Gasteiger partial charge in [0.2, 0.25) is 0 Å². The molecule has 0 aliphatic carbocycles. The molecule has 0 radical (unpaired) electrons. The first-order valence-electron chi connectivity index (χ1n) is 6.00. The molecule has 7 heteroatoms. The molecule has 1 aromatic heterocycles. The van der Waals surface area contributed by atoms with Crippen LogP contribution in [0.2, 0.25) is 0 Å². The molecule has 0 bridgehead atoms. The van der Waals surface area contributed by atoms with Gasteiger partial charge in [-0.15, -0.1) is 0 Å². The van der Waals surface area contributed by atoms with Gasteiger partial charge in [-0.2, -0.15) is 0 Å². The second-order valence-corrected chi connectivity index (χ2v) is 6.48. The number of nitrogens with zero attached hydrogens (tertiary/aromatic N) is 1. The molecule has 0 saturated carbocycles. The first-order valence-corrected chi connectivity index (χ1v) is 7.65. The Kier molecular flexibility index (Phi) is 3.89. The smallest absolute Gasteiger partial charge is 0.277 e. The molecule has 0 fully saturated rings. The van der Waals surface area contributed by atoms with E-state index in [1.807, 2.05) is 0 Å². The molecular formula is C13H14N2O4S. The highest BCUT2D eigenvalue weighted by Crippen LogP contribution is 2.16. The Balaban J connectivity index is 2.14. The lowest BCUT2D eigenvalue weighted by Crippen LogP contribution is -2.12. The fourth-order valence-electron chi connectivity index (χ4n) is 1.58. The van der Waals surface area contributed by atoms with Crippen LogP contribution >= 0.6 is 0 Å². The van der Waals surface area contributed by atoms with Crippen molar-refractivity contribution in [3.05, 3.63) is 41.8 Å². The van der Waals surface area contributed by atoms with Crippen LogP contribution in [-0.2, 0) is 9.84 Å². The number of rotatable bonds is 4. The van der Waals surface area contributed by atoms with E-state index in [9.17, 15) is 13.2 Å². The van der Waals surface area contributed by atoms with Gasteiger partial charge in [-0.25, -0.2) is 8.42 Å². The van der Waals surface area contributed by atoms with Gasteiger partial charge in [0.05, 0.1) is 10.6 Å². The number of aryl methyl sites for hydroxylation is 1. The largest absolute Gasteiger partial charge is 0.361 e. The maximum Gasteiger partial charge on any atom is 0.277 e. The quantitative estimate of drug-likeness (QED) is 0.932. The van der Waals surface area contributed by atoms with Crippen molar-refractivity contribution in [2.24, 2.45) is 0 Å². The Bertz CT molecular complexity index is 717. The van der Waals surface area contributed by atoms with Crippen LogP contribution in [0, 0.1) is 6.92 Å². The second kappa shape index (κ2) is 5.46. The minimum atomic E-state index is -3.23. The number of carbonyl (C=O) groups excluding carboxylic acids is 1. The van der Waals surface area contributed by atoms with Gasteiger partial charge < -0.3 is 9.84 Å². The molecule has 0 spiro atoms. The topological polar surface area (TPSA) is 89.3 Å². The molecule has 106 valence electrons. The normalized spacial score (nSPS) is 11.3. The summed E-state index contributed by atoms with van der Waals surface area (Å²) in [6.45, 7) is 3.27. The lowest BCUT2D eigenvalue weighted by Gasteiger charge is -2.05. The Morgan fingerprint density at radius 1 is 1.30 bits per heavy atom. The van der Waals surface area contributed by atoms with Crippen molar-refractivity contribution < 1.29 is 17.7 Å². The molecule has 1 heterocycles. The molecule has 2 aromatic rings. The molecule has 0 aliphatic rings. The van der Waals surface area contributed by atoms with Crippen LogP contribution < -0.4 is 5.32 Å². The summed E-state index contributed by atoms with van der Waals surface area (Å²) in [6.07, 6.45) is 0. The predicted molar refractivity (Wildman–Crippen MR) is 73.4 cm³/mol. The van der Waals surface area contributed by atoms with Gasteiger partial charge >= 0.3 is 0 Å². The molecule has 6 nitrogen and oxygen atoms in total. The van der Waals surface area contributed by atoms with Crippen molar-refractivity contribution in [1.29, 1.82) is 0 Å². The van der Waals surface area contributed by atoms with E-state index in [1.165, 1.54) is 30.3 Å². The summed E-state index contributed by atoms with van der Waals surface area (Å²) in [5.41, 5.74) is 0.665. The maximum atomic E-state index is 11.8. The van der Waals surface area contributed by atoms with Gasteiger partial charge in [0.1, 0.15) is 5.76 Å². The van der Waals surface area contributed by atoms with Gasteiger partial charge in [-0.05, 0) is 31.2 Å². The minimum absolute atomic E-state index is 0.0386. The van der Waals surface area contributed by atoms with Crippen molar-refractivity contribution in [3.63, 3.8) is 0 Å². The third-order valence-electron chi connectivity index (χ3n) is 2.71. The molecule has 1 amide bonds. The molecule has 0 aliphatic heterocycles. The summed E-state index contributed by atoms with van der Waals surface area (Å²) in [5, 5.41) is 6.21. The van der Waals surface area contributed by atoms with E-state index in [0.717, 1.165) is 0 Å². The number of sulfone groups is 1. The second-order valence-electron chi connectivity index (χ2n) is 4.20. The Labute approximate surface area is 116 Å². The molecule has 0 unspecified atom stereocenters. The summed E-state index contributed by atoms with van der Waals surface area (Å²) in [6, 6.07) is 7.51. The third-order valence-corrected chi connectivity index (χ3v) is 4.46. The predicted octanol–water partition coefficient (Wildman–Crippen LogP) is 2.03. The van der Waals surface area contributed by atoms with Crippen LogP contribution in [0.5, 0.6) is 0 Å². The van der Waals surface area contributed by atoms with E-state index in [4.69, 9.17) is 4.52 Å². The molecule has 1 aromatic carbocycles. The molecule has 0 atom stereocenters. The summed E-state index contributed by atoms with van der Waals surface area (Å²) in [4.78, 5) is 12.0. The Morgan fingerprint density at radius 2 is 1.95 bits per heavy atom. The number of carbonyl (C=O) groups is 1. The first-order chi connectivity index (χ1) is 9.42. The Morgan fingerprint density at radius 3 is 2.45 bits per heavy atom. The highest BCUT2D eigenvalue weighted by molar-refractivity contribution is 7.91. The van der Waals surface area contributed by atoms with E-state index in [1.54, 1.807) is 13.8 Å². The van der Waals surface area contributed by atoms with Crippen molar-refractivity contribution in [2.75, 3.05) is 11.1 Å². The summed E-state index contributed by atoms with van der Waals surface area (Å²) in [7, 11) is -3.23. The fraction of sp³-hybridized carbons (Fsp3) is 0.231. The standard InChI is InChI=1S/C13H14N2O4S/c1-3-20(17,18)11-6-4-10(5-7-11)14-13(16)12-8-9(2)19-15-12/h4-8H,3H2,1-2H3,(H,14,16). The monoisotopic (exact) mass is 294 g/mol. The fourth-order valence-corrected chi connectivity index (χ4v) is 2.46. The number of nitrogens with one attached hydrogen (secondary N) is 1. The molecule has 20 heavy (non-hydrogen) atoms. The van der Waals surface area contributed by atoms with Crippen LogP contribution in [-0.4, -0.2) is 25.2 Å². The minimum Gasteiger partial charge on any atom is -0.361 e. The van der Waals surface area contributed by atoms with Crippen LogP contribution in [0.1, 0.15) is 23.2 Å². The maximum absolute atomic E-state index is 11.8. The zero-order valence-electron chi connectivity index (χ0n) is 11.1. The highest BCUT2D eigenvalue weighted by Gasteiger charge is 2.13. The van der Waals surface area contributed by atoms with Crippen molar-refractivity contribution in [2.45, 2.75) is 18.7 Å². The van der Waals surface area contributed by atoms with Crippen LogP contribution in [0.4, 0.5) is 5.69 Å². The zero-order chi connectivity index (χ0) is 14.8. The number of hydrogen-bond acceptors (Lipinski definition) is 5. The van der Waals surface area contributed by atoms with E-state index >= 15 is 0 Å². The Hall–Kier alpha value is -2.15. The lowest BCUT2D eigenvalue weighted by molar-refractivity contribution is 0.101. The van der Waals surface area contributed by atoms with E-state index in [2.05, 4.69) is 10.5 Å².